The van der Waals surface area contributed by atoms with Gasteiger partial charge in [0.05, 0.1) is 25.1 Å². The fourth-order valence-electron chi connectivity index (χ4n) is 2.43. The molecule has 3 aromatic rings. The number of hydrogen-bond donors (Lipinski definition) is 2. The lowest BCUT2D eigenvalue weighted by Crippen LogP contribution is -2.37. The lowest BCUT2D eigenvalue weighted by molar-refractivity contribution is 0.122. The van der Waals surface area contributed by atoms with Gasteiger partial charge in [0.2, 0.25) is 5.95 Å². The molecule has 0 radical (unpaired) electrons. The highest BCUT2D eigenvalue weighted by Gasteiger charge is 2.19. The average Bonchev–Trinajstić information content (AvgIpc) is 3.09. The Balaban J connectivity index is 1.87. The molecular weight excluding hydrogens is 284 g/mol. The molecule has 1 fully saturated rings. The highest BCUT2D eigenvalue weighted by atomic mass is 16.5. The van der Waals surface area contributed by atoms with Crippen molar-refractivity contribution in [3.8, 4) is 11.4 Å². The van der Waals surface area contributed by atoms with Crippen LogP contribution in [0.5, 0.6) is 0 Å². The molecule has 0 amide bonds. The van der Waals surface area contributed by atoms with Crippen molar-refractivity contribution in [3.63, 3.8) is 0 Å². The topological polar surface area (TPSA) is 119 Å². The van der Waals surface area contributed by atoms with E-state index in [0.29, 0.717) is 35.9 Å². The molecule has 0 saturated carbocycles. The third kappa shape index (κ3) is 2.21. The summed E-state index contributed by atoms with van der Waals surface area (Å²) in [6, 6.07) is 1.84. The summed E-state index contributed by atoms with van der Waals surface area (Å²) in [4.78, 5) is 19.6. The quantitative estimate of drug-likeness (QED) is 0.690. The molecule has 0 unspecified atom stereocenters. The Morgan fingerprint density at radius 1 is 1.18 bits per heavy atom. The van der Waals surface area contributed by atoms with Gasteiger partial charge in [-0.05, 0) is 6.07 Å². The van der Waals surface area contributed by atoms with Gasteiger partial charge in [0.15, 0.2) is 17.0 Å². The lowest BCUT2D eigenvalue weighted by Gasteiger charge is -2.28. The van der Waals surface area contributed by atoms with Gasteiger partial charge in [0.1, 0.15) is 5.69 Å². The van der Waals surface area contributed by atoms with Crippen LogP contribution >= 0.6 is 0 Å². The van der Waals surface area contributed by atoms with Gasteiger partial charge in [0, 0.05) is 19.3 Å². The van der Waals surface area contributed by atoms with E-state index in [9.17, 15) is 0 Å². The number of aromatic nitrogens is 6. The minimum absolute atomic E-state index is 0.192. The van der Waals surface area contributed by atoms with Crippen LogP contribution in [-0.4, -0.2) is 56.4 Å². The van der Waals surface area contributed by atoms with E-state index in [-0.39, 0.29) is 5.95 Å². The van der Waals surface area contributed by atoms with E-state index in [2.05, 4.69) is 35.0 Å². The first-order valence-electron chi connectivity index (χ1n) is 6.94. The minimum atomic E-state index is 0.192. The molecule has 0 atom stereocenters. The minimum Gasteiger partial charge on any atom is -0.378 e. The zero-order valence-corrected chi connectivity index (χ0v) is 11.7. The SMILES string of the molecule is Nc1nc(N2CCOCC2)c2nc(-c3ccn[nH]3)cnc2n1. The number of rotatable bonds is 2. The molecule has 0 aromatic carbocycles. The number of H-pyrrole nitrogens is 1. The molecule has 0 aliphatic carbocycles. The van der Waals surface area contributed by atoms with Crippen molar-refractivity contribution in [2.24, 2.45) is 0 Å². The van der Waals surface area contributed by atoms with Crippen LogP contribution in [0.1, 0.15) is 0 Å². The molecule has 1 saturated heterocycles. The van der Waals surface area contributed by atoms with Crippen LogP contribution in [0.4, 0.5) is 11.8 Å². The van der Waals surface area contributed by atoms with E-state index in [1.165, 1.54) is 0 Å². The largest absolute Gasteiger partial charge is 0.378 e. The van der Waals surface area contributed by atoms with E-state index in [1.807, 2.05) is 6.07 Å². The summed E-state index contributed by atoms with van der Waals surface area (Å²) in [5.41, 5.74) is 8.39. The van der Waals surface area contributed by atoms with Gasteiger partial charge in [-0.15, -0.1) is 0 Å². The fourth-order valence-corrected chi connectivity index (χ4v) is 2.43. The number of nitrogens with one attached hydrogen (secondary N) is 1. The summed E-state index contributed by atoms with van der Waals surface area (Å²) in [6.45, 7) is 2.78. The predicted octanol–water partition coefficient (Wildman–Crippen LogP) is 0.229. The molecule has 1 aliphatic rings. The highest BCUT2D eigenvalue weighted by molar-refractivity contribution is 5.85. The van der Waals surface area contributed by atoms with Gasteiger partial charge in [-0.25, -0.2) is 9.97 Å². The average molecular weight is 298 g/mol. The number of hydrogen-bond acceptors (Lipinski definition) is 8. The maximum absolute atomic E-state index is 5.80. The number of nitrogens with two attached hydrogens (primary N) is 1. The lowest BCUT2D eigenvalue weighted by atomic mass is 10.3. The second-order valence-corrected chi connectivity index (χ2v) is 4.90. The van der Waals surface area contributed by atoms with Crippen LogP contribution in [0.2, 0.25) is 0 Å². The van der Waals surface area contributed by atoms with Gasteiger partial charge in [0.25, 0.3) is 0 Å². The third-order valence-electron chi connectivity index (χ3n) is 3.49. The number of aromatic amines is 1. The second-order valence-electron chi connectivity index (χ2n) is 4.90. The number of ether oxygens (including phenoxy) is 1. The van der Waals surface area contributed by atoms with Crippen molar-refractivity contribution in [1.82, 2.24) is 30.1 Å². The molecule has 3 aromatic heterocycles. The number of nitrogens with zero attached hydrogens (tertiary/aromatic N) is 6. The Morgan fingerprint density at radius 2 is 2.05 bits per heavy atom. The number of nitrogen functional groups attached to an aromatic ring is 1. The molecule has 9 heteroatoms. The zero-order chi connectivity index (χ0) is 14.9. The van der Waals surface area contributed by atoms with Crippen molar-refractivity contribution in [2.45, 2.75) is 0 Å². The van der Waals surface area contributed by atoms with E-state index < -0.39 is 0 Å². The summed E-state index contributed by atoms with van der Waals surface area (Å²) < 4.78 is 5.38. The molecular formula is C13H14N8O. The third-order valence-corrected chi connectivity index (χ3v) is 3.49. The van der Waals surface area contributed by atoms with Crippen molar-refractivity contribution in [3.05, 3.63) is 18.5 Å². The Morgan fingerprint density at radius 3 is 2.82 bits per heavy atom. The molecule has 4 heterocycles. The molecule has 9 nitrogen and oxygen atoms in total. The molecule has 112 valence electrons. The van der Waals surface area contributed by atoms with Crippen molar-refractivity contribution >= 4 is 22.9 Å². The first kappa shape index (κ1) is 12.9. The van der Waals surface area contributed by atoms with E-state index in [4.69, 9.17) is 10.5 Å². The molecule has 0 bridgehead atoms. The number of anilines is 2. The van der Waals surface area contributed by atoms with E-state index >= 15 is 0 Å². The van der Waals surface area contributed by atoms with Crippen LogP contribution < -0.4 is 10.6 Å². The van der Waals surface area contributed by atoms with Crippen LogP contribution in [0, 0.1) is 0 Å². The van der Waals surface area contributed by atoms with Crippen LogP contribution in [-0.2, 0) is 4.74 Å². The first-order chi connectivity index (χ1) is 10.8. The first-order valence-corrected chi connectivity index (χ1v) is 6.94. The Hall–Kier alpha value is -2.81. The summed E-state index contributed by atoms with van der Waals surface area (Å²) in [5, 5.41) is 6.81. The molecule has 0 spiro atoms. The zero-order valence-electron chi connectivity index (χ0n) is 11.7. The number of morpholine rings is 1. The summed E-state index contributed by atoms with van der Waals surface area (Å²) in [6.07, 6.45) is 3.31. The maximum atomic E-state index is 5.80. The second kappa shape index (κ2) is 5.19. The van der Waals surface area contributed by atoms with Crippen molar-refractivity contribution in [1.29, 1.82) is 0 Å². The predicted molar refractivity (Wildman–Crippen MR) is 80.2 cm³/mol. The Labute approximate surface area is 125 Å². The van der Waals surface area contributed by atoms with Gasteiger partial charge in [-0.1, -0.05) is 0 Å². The molecule has 4 rings (SSSR count). The van der Waals surface area contributed by atoms with Crippen LogP contribution in [0.25, 0.3) is 22.6 Å². The van der Waals surface area contributed by atoms with Crippen molar-refractivity contribution < 1.29 is 4.74 Å². The van der Waals surface area contributed by atoms with Gasteiger partial charge < -0.3 is 15.4 Å². The van der Waals surface area contributed by atoms with E-state index in [0.717, 1.165) is 18.8 Å². The Bertz CT molecular complexity index is 797. The van der Waals surface area contributed by atoms with Gasteiger partial charge >= 0.3 is 0 Å². The van der Waals surface area contributed by atoms with Crippen LogP contribution in [0.3, 0.4) is 0 Å². The normalized spacial score (nSPS) is 15.4. The van der Waals surface area contributed by atoms with Gasteiger partial charge in [-0.2, -0.15) is 15.1 Å². The highest BCUT2D eigenvalue weighted by Crippen LogP contribution is 2.25. The molecule has 1 aliphatic heterocycles. The summed E-state index contributed by atoms with van der Waals surface area (Å²) in [7, 11) is 0. The number of fused-ring (bicyclic) bond motifs is 1. The Kier molecular flexibility index (Phi) is 3.04. The maximum Gasteiger partial charge on any atom is 0.224 e. The summed E-state index contributed by atoms with van der Waals surface area (Å²) in [5.74, 6) is 0.886. The van der Waals surface area contributed by atoms with E-state index in [1.54, 1.807) is 12.4 Å². The standard InChI is InChI=1S/C13H14N8O/c14-13-18-11-10(12(19-13)21-3-5-22-6-4-21)17-9(7-15-11)8-1-2-16-20-8/h1-2,7H,3-6H2,(H,16,20)(H2,14,15,18,19). The molecule has 22 heavy (non-hydrogen) atoms. The van der Waals surface area contributed by atoms with Crippen molar-refractivity contribution in [2.75, 3.05) is 36.9 Å². The van der Waals surface area contributed by atoms with Gasteiger partial charge in [-0.3, -0.25) is 5.10 Å². The smallest absolute Gasteiger partial charge is 0.224 e. The fraction of sp³-hybridized carbons (Fsp3) is 0.308. The summed E-state index contributed by atoms with van der Waals surface area (Å²) >= 11 is 0. The van der Waals surface area contributed by atoms with Crippen LogP contribution in [0.15, 0.2) is 18.5 Å². The molecule has 3 N–H and O–H groups in total. The monoisotopic (exact) mass is 298 g/mol.